The molecule has 1 aliphatic heterocycles. The number of nitrogens with zero attached hydrogens (tertiary/aromatic N) is 4. The number of aryl methyl sites for hydroxylation is 2. The van der Waals surface area contributed by atoms with Gasteiger partial charge in [-0.2, -0.15) is 0 Å². The zero-order chi connectivity index (χ0) is 22.0. The van der Waals surface area contributed by atoms with Gasteiger partial charge in [-0.15, -0.1) is 11.3 Å². The summed E-state index contributed by atoms with van der Waals surface area (Å²) in [5.74, 6) is 1.16. The molecule has 31 heavy (non-hydrogen) atoms. The lowest BCUT2D eigenvalue weighted by atomic mass is 9.95. The lowest BCUT2D eigenvalue weighted by Gasteiger charge is -2.32. The van der Waals surface area contributed by atoms with E-state index in [1.54, 1.807) is 17.7 Å². The van der Waals surface area contributed by atoms with Gasteiger partial charge in [-0.3, -0.25) is 4.79 Å². The fraction of sp³-hybridized carbons (Fsp3) is 0.458. The van der Waals surface area contributed by atoms with E-state index in [0.29, 0.717) is 0 Å². The van der Waals surface area contributed by atoms with Crippen LogP contribution in [0.4, 0.5) is 17.2 Å². The van der Waals surface area contributed by atoms with Crippen molar-refractivity contribution in [2.45, 2.75) is 40.5 Å². The lowest BCUT2D eigenvalue weighted by molar-refractivity contribution is -0.120. The molecule has 4 rings (SSSR count). The van der Waals surface area contributed by atoms with Crippen LogP contribution in [0.5, 0.6) is 0 Å². The van der Waals surface area contributed by atoms with Crippen molar-refractivity contribution in [3.63, 3.8) is 0 Å². The van der Waals surface area contributed by atoms with E-state index in [1.165, 1.54) is 21.5 Å². The van der Waals surface area contributed by atoms with Gasteiger partial charge in [0, 0.05) is 48.3 Å². The molecule has 0 aliphatic carbocycles. The summed E-state index contributed by atoms with van der Waals surface area (Å²) in [6, 6.07) is 8.16. The highest BCUT2D eigenvalue weighted by atomic mass is 32.1. The minimum absolute atomic E-state index is 0.0290. The normalized spacial score (nSPS) is 14.8. The smallest absolute Gasteiger partial charge is 0.227 e. The summed E-state index contributed by atoms with van der Waals surface area (Å²) in [4.78, 5) is 28.8. The monoisotopic (exact) mass is 437 g/mol. The molecule has 2 aromatic heterocycles. The predicted molar refractivity (Wildman–Crippen MR) is 130 cm³/mol. The van der Waals surface area contributed by atoms with Crippen molar-refractivity contribution < 1.29 is 4.79 Å². The van der Waals surface area contributed by atoms with Crippen molar-refractivity contribution >= 4 is 44.7 Å². The fourth-order valence-corrected chi connectivity index (χ4v) is 5.34. The Morgan fingerprint density at radius 2 is 1.81 bits per heavy atom. The van der Waals surface area contributed by atoms with Gasteiger partial charge in [-0.25, -0.2) is 9.97 Å². The van der Waals surface area contributed by atoms with Gasteiger partial charge in [-0.05, 0) is 70.4 Å². The molecule has 1 saturated heterocycles. The van der Waals surface area contributed by atoms with Crippen LogP contribution < -0.4 is 15.1 Å². The van der Waals surface area contributed by atoms with Crippen LogP contribution in [0.2, 0.25) is 0 Å². The van der Waals surface area contributed by atoms with Crippen molar-refractivity contribution in [3.8, 4) is 0 Å². The molecule has 6 nitrogen and oxygen atoms in total. The number of piperidine rings is 1. The van der Waals surface area contributed by atoms with E-state index in [0.717, 1.165) is 55.4 Å². The number of fused-ring (bicyclic) bond motifs is 1. The van der Waals surface area contributed by atoms with Crippen LogP contribution in [0.3, 0.4) is 0 Å². The number of carbonyl (C=O) groups is 1. The van der Waals surface area contributed by atoms with Crippen molar-refractivity contribution in [2.75, 3.05) is 41.3 Å². The third-order valence-corrected chi connectivity index (χ3v) is 7.49. The van der Waals surface area contributed by atoms with Crippen molar-refractivity contribution in [1.82, 2.24) is 9.97 Å². The molecule has 1 aliphatic rings. The predicted octanol–water partition coefficient (Wildman–Crippen LogP) is 5.01. The van der Waals surface area contributed by atoms with E-state index < -0.39 is 0 Å². The average molecular weight is 438 g/mol. The van der Waals surface area contributed by atoms with Gasteiger partial charge in [0.25, 0.3) is 0 Å². The van der Waals surface area contributed by atoms with Crippen LogP contribution in [0.25, 0.3) is 10.2 Å². The number of rotatable bonds is 6. The van der Waals surface area contributed by atoms with E-state index in [9.17, 15) is 4.79 Å². The number of hydrogen-bond donors (Lipinski definition) is 1. The second-order valence-corrected chi connectivity index (χ2v) is 9.33. The van der Waals surface area contributed by atoms with Gasteiger partial charge in [0.2, 0.25) is 5.91 Å². The van der Waals surface area contributed by atoms with Crippen molar-refractivity contribution in [3.05, 3.63) is 41.0 Å². The van der Waals surface area contributed by atoms with Crippen LogP contribution in [0, 0.1) is 19.8 Å². The highest BCUT2D eigenvalue weighted by Gasteiger charge is 2.27. The summed E-state index contributed by atoms with van der Waals surface area (Å²) < 4.78 is 0. The molecule has 3 aromatic rings. The van der Waals surface area contributed by atoms with Crippen molar-refractivity contribution in [1.29, 1.82) is 0 Å². The van der Waals surface area contributed by atoms with Gasteiger partial charge < -0.3 is 15.1 Å². The molecule has 7 heteroatoms. The summed E-state index contributed by atoms with van der Waals surface area (Å²) >= 11 is 1.72. The largest absolute Gasteiger partial charge is 0.372 e. The SMILES string of the molecule is CCN(CC)c1ccc(NC(=O)C2CCN(c3ncnc4sc(C)c(C)c34)CC2)cc1. The Kier molecular flexibility index (Phi) is 6.41. The third-order valence-electron chi connectivity index (χ3n) is 6.37. The van der Waals surface area contributed by atoms with Crippen LogP contribution in [-0.4, -0.2) is 42.1 Å². The molecule has 0 saturated carbocycles. The molecule has 0 radical (unpaired) electrons. The summed E-state index contributed by atoms with van der Waals surface area (Å²) in [6.07, 6.45) is 3.32. The van der Waals surface area contributed by atoms with Gasteiger partial charge in [0.15, 0.2) is 0 Å². The summed E-state index contributed by atoms with van der Waals surface area (Å²) in [7, 11) is 0. The minimum atomic E-state index is 0.0290. The maximum absolute atomic E-state index is 12.8. The standard InChI is InChI=1S/C24H31N5OS/c1-5-28(6-2)20-9-7-19(8-10-20)27-23(30)18-11-13-29(14-12-18)22-21-16(3)17(4)31-24(21)26-15-25-22/h7-10,15,18H,5-6,11-14H2,1-4H3,(H,27,30). The van der Waals surface area contributed by atoms with Crippen molar-refractivity contribution in [2.24, 2.45) is 5.92 Å². The molecule has 1 N–H and O–H groups in total. The molecule has 1 fully saturated rings. The van der Waals surface area contributed by atoms with Crippen LogP contribution in [-0.2, 0) is 4.79 Å². The van der Waals surface area contributed by atoms with E-state index >= 15 is 0 Å². The first-order valence-electron chi connectivity index (χ1n) is 11.1. The topological polar surface area (TPSA) is 61.4 Å². The minimum Gasteiger partial charge on any atom is -0.372 e. The summed E-state index contributed by atoms with van der Waals surface area (Å²) in [5.41, 5.74) is 3.32. The quantitative estimate of drug-likeness (QED) is 0.587. The molecule has 0 spiro atoms. The van der Waals surface area contributed by atoms with Crippen LogP contribution in [0.1, 0.15) is 37.1 Å². The first kappa shape index (κ1) is 21.6. The highest BCUT2D eigenvalue weighted by molar-refractivity contribution is 7.18. The second kappa shape index (κ2) is 9.22. The molecule has 164 valence electrons. The number of thiophene rings is 1. The first-order chi connectivity index (χ1) is 15.0. The molecule has 0 bridgehead atoms. The maximum atomic E-state index is 12.8. The molecule has 3 heterocycles. The molecule has 0 atom stereocenters. The number of carbonyl (C=O) groups excluding carboxylic acids is 1. The van der Waals surface area contributed by atoms with Gasteiger partial charge >= 0.3 is 0 Å². The Balaban J connectivity index is 1.38. The van der Waals surface area contributed by atoms with E-state index in [4.69, 9.17) is 0 Å². The number of aromatic nitrogens is 2. The number of anilines is 3. The van der Waals surface area contributed by atoms with Gasteiger partial charge in [-0.1, -0.05) is 0 Å². The Labute approximate surface area is 188 Å². The molecule has 0 unspecified atom stereocenters. The zero-order valence-electron chi connectivity index (χ0n) is 18.8. The Hall–Kier alpha value is -2.67. The second-order valence-electron chi connectivity index (χ2n) is 8.13. The average Bonchev–Trinajstić information content (AvgIpc) is 3.09. The van der Waals surface area contributed by atoms with Gasteiger partial charge in [0.1, 0.15) is 17.0 Å². The Bertz CT molecular complexity index is 1050. The maximum Gasteiger partial charge on any atom is 0.227 e. The van der Waals surface area contributed by atoms with E-state index in [2.05, 4.69) is 64.9 Å². The summed E-state index contributed by atoms with van der Waals surface area (Å²) in [6.45, 7) is 12.2. The lowest BCUT2D eigenvalue weighted by Crippen LogP contribution is -2.38. The highest BCUT2D eigenvalue weighted by Crippen LogP contribution is 2.35. The molecular weight excluding hydrogens is 406 g/mol. The first-order valence-corrected chi connectivity index (χ1v) is 11.9. The Morgan fingerprint density at radius 1 is 1.13 bits per heavy atom. The van der Waals surface area contributed by atoms with Crippen LogP contribution in [0.15, 0.2) is 30.6 Å². The van der Waals surface area contributed by atoms with Crippen LogP contribution >= 0.6 is 11.3 Å². The zero-order valence-corrected chi connectivity index (χ0v) is 19.6. The number of amides is 1. The number of hydrogen-bond acceptors (Lipinski definition) is 6. The van der Waals surface area contributed by atoms with Gasteiger partial charge in [0.05, 0.1) is 5.39 Å². The molecule has 1 aromatic carbocycles. The Morgan fingerprint density at radius 3 is 2.45 bits per heavy atom. The number of benzene rings is 1. The van der Waals surface area contributed by atoms with E-state index in [-0.39, 0.29) is 11.8 Å². The number of nitrogens with one attached hydrogen (secondary N) is 1. The molecular formula is C24H31N5OS. The molecule has 1 amide bonds. The third kappa shape index (κ3) is 4.37. The summed E-state index contributed by atoms with van der Waals surface area (Å²) in [5, 5.41) is 4.28. The van der Waals surface area contributed by atoms with E-state index in [1.807, 2.05) is 12.1 Å². The fourth-order valence-electron chi connectivity index (χ4n) is 4.35.